The zero-order valence-electron chi connectivity index (χ0n) is 14.1. The van der Waals surface area contributed by atoms with Crippen molar-refractivity contribution in [2.75, 3.05) is 6.54 Å². The van der Waals surface area contributed by atoms with Gasteiger partial charge in [-0.3, -0.25) is 4.79 Å². The second-order valence-corrected chi connectivity index (χ2v) is 6.31. The monoisotopic (exact) mass is 373 g/mol. The van der Waals surface area contributed by atoms with Crippen molar-refractivity contribution in [1.82, 2.24) is 15.5 Å². The summed E-state index contributed by atoms with van der Waals surface area (Å²) in [4.78, 5) is 12.2. The predicted molar refractivity (Wildman–Crippen MR) is 95.7 cm³/mol. The normalized spacial score (nSPS) is 12.0. The van der Waals surface area contributed by atoms with Crippen LogP contribution in [0.5, 0.6) is 0 Å². The summed E-state index contributed by atoms with van der Waals surface area (Å²) >= 11 is 5.98. The maximum Gasteiger partial charge on any atom is 0.308 e. The summed E-state index contributed by atoms with van der Waals surface area (Å²) in [6, 6.07) is 14.2. The van der Waals surface area contributed by atoms with Gasteiger partial charge in [0.1, 0.15) is 5.82 Å². The third-order valence-corrected chi connectivity index (χ3v) is 4.34. The Bertz CT molecular complexity index is 879. The number of hydrogen-bond acceptors (Lipinski definition) is 4. The van der Waals surface area contributed by atoms with E-state index in [0.29, 0.717) is 6.54 Å². The van der Waals surface area contributed by atoms with E-state index in [2.05, 4.69) is 15.5 Å². The average molecular weight is 374 g/mol. The Morgan fingerprint density at radius 2 is 1.96 bits per heavy atom. The Balaban J connectivity index is 1.61. The second-order valence-electron chi connectivity index (χ2n) is 5.90. The van der Waals surface area contributed by atoms with Gasteiger partial charge in [-0.05, 0) is 23.6 Å². The molecular weight excluding hydrogens is 357 g/mol. The smallest absolute Gasteiger partial charge is 0.308 e. The minimum absolute atomic E-state index is 0.0200. The third-order valence-electron chi connectivity index (χ3n) is 3.99. The highest BCUT2D eigenvalue weighted by Gasteiger charge is 2.18. The molecule has 0 bridgehead atoms. The summed E-state index contributed by atoms with van der Waals surface area (Å²) in [5.74, 6) is -0.824. The van der Waals surface area contributed by atoms with Crippen molar-refractivity contribution in [3.8, 4) is 0 Å². The molecule has 1 aromatic heterocycles. The number of nitrogens with zero attached hydrogens (tertiary/aromatic N) is 2. The van der Waals surface area contributed by atoms with E-state index in [1.165, 1.54) is 12.1 Å². The zero-order valence-corrected chi connectivity index (χ0v) is 14.8. The van der Waals surface area contributed by atoms with Crippen LogP contribution in [-0.4, -0.2) is 22.6 Å². The lowest BCUT2D eigenvalue weighted by Gasteiger charge is -2.11. The van der Waals surface area contributed by atoms with Gasteiger partial charge in [0.15, 0.2) is 0 Å². The Kier molecular flexibility index (Phi) is 5.63. The van der Waals surface area contributed by atoms with Crippen molar-refractivity contribution in [2.24, 2.45) is 0 Å². The summed E-state index contributed by atoms with van der Waals surface area (Å²) in [6.45, 7) is 2.44. The van der Waals surface area contributed by atoms with Gasteiger partial charge in [0.05, 0.1) is 6.42 Å². The summed E-state index contributed by atoms with van der Waals surface area (Å²) < 4.78 is 19.2. The fourth-order valence-corrected chi connectivity index (χ4v) is 2.72. The van der Waals surface area contributed by atoms with Gasteiger partial charge in [0.25, 0.3) is 0 Å². The molecule has 0 aliphatic rings. The van der Waals surface area contributed by atoms with Crippen LogP contribution >= 0.6 is 11.6 Å². The highest BCUT2D eigenvalue weighted by atomic mass is 35.5. The van der Waals surface area contributed by atoms with E-state index < -0.39 is 11.7 Å². The van der Waals surface area contributed by atoms with Gasteiger partial charge in [0.2, 0.25) is 5.89 Å². The Morgan fingerprint density at radius 3 is 2.69 bits per heavy atom. The number of amides is 1. The molecule has 7 heteroatoms. The largest absolute Gasteiger partial charge is 0.417 e. The summed E-state index contributed by atoms with van der Waals surface area (Å²) in [6.07, 6.45) is 0.0200. The number of carbonyl (C=O) groups is 1. The average Bonchev–Trinajstić information content (AvgIpc) is 3.12. The molecule has 1 amide bonds. The summed E-state index contributed by atoms with van der Waals surface area (Å²) in [5, 5.41) is 10.6. The van der Waals surface area contributed by atoms with Crippen LogP contribution in [0.4, 0.5) is 4.39 Å². The zero-order chi connectivity index (χ0) is 18.5. The number of carbonyl (C=O) groups excluding carboxylic acids is 1. The van der Waals surface area contributed by atoms with Crippen LogP contribution in [0, 0.1) is 5.82 Å². The first-order valence-electron chi connectivity index (χ1n) is 8.13. The van der Waals surface area contributed by atoms with Crippen molar-refractivity contribution in [1.29, 1.82) is 0 Å². The van der Waals surface area contributed by atoms with E-state index in [1.807, 2.05) is 37.3 Å². The molecule has 1 N–H and O–H groups in total. The topological polar surface area (TPSA) is 68.0 Å². The molecule has 1 atom stereocenters. The molecule has 26 heavy (non-hydrogen) atoms. The Labute approximate surface area is 155 Å². The molecule has 134 valence electrons. The quantitative estimate of drug-likeness (QED) is 0.709. The molecule has 0 aliphatic heterocycles. The van der Waals surface area contributed by atoms with Gasteiger partial charge in [-0.15, -0.1) is 10.2 Å². The number of nitrogens with one attached hydrogen (secondary N) is 1. The number of rotatable bonds is 6. The van der Waals surface area contributed by atoms with Crippen molar-refractivity contribution < 1.29 is 13.6 Å². The lowest BCUT2D eigenvalue weighted by Crippen LogP contribution is -2.27. The van der Waals surface area contributed by atoms with E-state index in [1.54, 1.807) is 6.07 Å². The summed E-state index contributed by atoms with van der Waals surface area (Å²) in [5.41, 5.74) is 1.37. The molecular formula is C19H17ClFN3O2. The highest BCUT2D eigenvalue weighted by Crippen LogP contribution is 2.22. The molecule has 0 spiro atoms. The molecule has 0 aliphatic carbocycles. The Morgan fingerprint density at radius 1 is 1.19 bits per heavy atom. The van der Waals surface area contributed by atoms with E-state index in [4.69, 9.17) is 16.0 Å². The lowest BCUT2D eigenvalue weighted by atomic mass is 10.0. The molecule has 5 nitrogen and oxygen atoms in total. The highest BCUT2D eigenvalue weighted by molar-refractivity contribution is 6.31. The molecule has 0 unspecified atom stereocenters. The predicted octanol–water partition coefficient (Wildman–Crippen LogP) is 3.99. The number of hydrogen-bond donors (Lipinski definition) is 1. The molecule has 0 radical (unpaired) electrons. The lowest BCUT2D eigenvalue weighted by molar-refractivity contribution is 0.0915. The first-order valence-corrected chi connectivity index (χ1v) is 8.51. The van der Waals surface area contributed by atoms with Crippen molar-refractivity contribution in [3.63, 3.8) is 0 Å². The van der Waals surface area contributed by atoms with Crippen LogP contribution in [-0.2, 0) is 6.42 Å². The molecule has 3 rings (SSSR count). The van der Waals surface area contributed by atoms with Gasteiger partial charge in [-0.25, -0.2) is 4.39 Å². The van der Waals surface area contributed by atoms with Crippen LogP contribution in [0.3, 0.4) is 0 Å². The van der Waals surface area contributed by atoms with Gasteiger partial charge >= 0.3 is 11.8 Å². The Hall–Kier alpha value is -2.73. The molecule has 3 aromatic rings. The van der Waals surface area contributed by atoms with Crippen LogP contribution in [0.2, 0.25) is 5.02 Å². The van der Waals surface area contributed by atoms with Gasteiger partial charge in [0, 0.05) is 17.1 Å². The molecule has 0 saturated carbocycles. The van der Waals surface area contributed by atoms with Crippen molar-refractivity contribution in [2.45, 2.75) is 19.3 Å². The maximum atomic E-state index is 13.8. The number of benzene rings is 2. The van der Waals surface area contributed by atoms with E-state index in [0.717, 1.165) is 5.56 Å². The fourth-order valence-electron chi connectivity index (χ4n) is 2.49. The number of aromatic nitrogens is 2. The number of halogens is 2. The maximum absolute atomic E-state index is 13.8. The summed E-state index contributed by atoms with van der Waals surface area (Å²) in [7, 11) is 0. The van der Waals surface area contributed by atoms with Crippen LogP contribution < -0.4 is 5.32 Å². The minimum atomic E-state index is -0.467. The first kappa shape index (κ1) is 18.1. The molecule has 2 aromatic carbocycles. The van der Waals surface area contributed by atoms with Crippen molar-refractivity contribution >= 4 is 17.5 Å². The molecule has 0 fully saturated rings. The van der Waals surface area contributed by atoms with E-state index >= 15 is 0 Å². The van der Waals surface area contributed by atoms with Crippen LogP contribution in [0.15, 0.2) is 52.9 Å². The van der Waals surface area contributed by atoms with Gasteiger partial charge in [-0.1, -0.05) is 54.9 Å². The first-order chi connectivity index (χ1) is 12.5. The van der Waals surface area contributed by atoms with E-state index in [9.17, 15) is 9.18 Å². The molecule has 0 saturated heterocycles. The SMILES string of the molecule is C[C@H](CNC(=O)c1nnc(Cc2c(F)cccc2Cl)o1)c1ccccc1. The van der Waals surface area contributed by atoms with Crippen LogP contribution in [0.25, 0.3) is 0 Å². The van der Waals surface area contributed by atoms with E-state index in [-0.39, 0.29) is 34.7 Å². The van der Waals surface area contributed by atoms with Gasteiger partial charge in [-0.2, -0.15) is 0 Å². The van der Waals surface area contributed by atoms with Crippen LogP contribution in [0.1, 0.15) is 40.5 Å². The van der Waals surface area contributed by atoms with Gasteiger partial charge < -0.3 is 9.73 Å². The van der Waals surface area contributed by atoms with Crippen molar-refractivity contribution in [3.05, 3.63) is 82.3 Å². The fraction of sp³-hybridized carbons (Fsp3) is 0.211. The standard InChI is InChI=1S/C19H17ClFN3O2/c1-12(13-6-3-2-4-7-13)11-22-18(25)19-24-23-17(26-19)10-14-15(20)8-5-9-16(14)21/h2-9,12H,10-11H2,1H3,(H,22,25)/t12-/m1/s1. The second kappa shape index (κ2) is 8.10. The third kappa shape index (κ3) is 4.26. The molecule has 1 heterocycles. The minimum Gasteiger partial charge on any atom is -0.417 e.